The van der Waals surface area contributed by atoms with Gasteiger partial charge in [0, 0.05) is 12.0 Å². The van der Waals surface area contributed by atoms with E-state index in [4.69, 9.17) is 9.15 Å². The van der Waals surface area contributed by atoms with Crippen molar-refractivity contribution in [2.24, 2.45) is 0 Å². The first-order valence-corrected chi connectivity index (χ1v) is 13.1. The minimum atomic E-state index is -4.47. The Morgan fingerprint density at radius 3 is 2.44 bits per heavy atom. The molecular formula is C27H21F3N2O6S. The third kappa shape index (κ3) is 4.94. The van der Waals surface area contributed by atoms with Gasteiger partial charge in [-0.2, -0.15) is 13.2 Å². The largest absolute Gasteiger partial charge is 0.486 e. The smallest absolute Gasteiger partial charge is 0.416 e. The first kappa shape index (κ1) is 26.3. The zero-order chi connectivity index (χ0) is 27.9. The SMILES string of the molecule is Cc1oc(-c2ccc(C(F)(F)F)cc2)nc1COc1ccccc1S(=O)(=O)N1c2ccccc2C[C@@H]1C(=O)O. The number of carboxylic acids is 1. The highest BCUT2D eigenvalue weighted by Gasteiger charge is 2.43. The maximum Gasteiger partial charge on any atom is 0.416 e. The predicted octanol–water partition coefficient (Wildman–Crippen LogP) is 5.45. The van der Waals surface area contributed by atoms with Gasteiger partial charge in [0.25, 0.3) is 10.0 Å². The van der Waals surface area contributed by atoms with E-state index in [1.165, 1.54) is 30.3 Å². The summed E-state index contributed by atoms with van der Waals surface area (Å²) in [4.78, 5) is 16.1. The Kier molecular flexibility index (Phi) is 6.59. The van der Waals surface area contributed by atoms with Gasteiger partial charge in [-0.3, -0.25) is 4.31 Å². The molecule has 2 heterocycles. The van der Waals surface area contributed by atoms with Crippen LogP contribution >= 0.6 is 0 Å². The van der Waals surface area contributed by atoms with Crippen molar-refractivity contribution in [1.82, 2.24) is 4.98 Å². The van der Waals surface area contributed by atoms with E-state index in [9.17, 15) is 31.5 Å². The second kappa shape index (κ2) is 9.77. The minimum absolute atomic E-state index is 0.0236. The molecule has 8 nitrogen and oxygen atoms in total. The third-order valence-corrected chi connectivity index (χ3v) is 8.17. The molecule has 0 aliphatic carbocycles. The van der Waals surface area contributed by atoms with E-state index in [1.807, 2.05) is 0 Å². The van der Waals surface area contributed by atoms with Crippen LogP contribution in [0.5, 0.6) is 5.75 Å². The number of hydrogen-bond donors (Lipinski definition) is 1. The number of alkyl halides is 3. The molecule has 1 atom stereocenters. The molecule has 0 fully saturated rings. The summed E-state index contributed by atoms with van der Waals surface area (Å²) in [6.07, 6.45) is -4.45. The van der Waals surface area contributed by atoms with Crippen molar-refractivity contribution in [3.63, 3.8) is 0 Å². The number of rotatable bonds is 7. The molecule has 0 unspecified atom stereocenters. The highest BCUT2D eigenvalue weighted by Crippen LogP contribution is 2.39. The lowest BCUT2D eigenvalue weighted by Crippen LogP contribution is -2.42. The normalized spacial score (nSPS) is 15.3. The first-order valence-electron chi connectivity index (χ1n) is 11.7. The Hall–Kier alpha value is -4.32. The van der Waals surface area contributed by atoms with Gasteiger partial charge in [-0.15, -0.1) is 0 Å². The Morgan fingerprint density at radius 2 is 1.74 bits per heavy atom. The van der Waals surface area contributed by atoms with Crippen LogP contribution in [-0.2, 0) is 34.0 Å². The lowest BCUT2D eigenvalue weighted by molar-refractivity contribution is -0.138. The number of carbonyl (C=O) groups is 1. The van der Waals surface area contributed by atoms with Crippen LogP contribution in [0.15, 0.2) is 82.1 Å². The lowest BCUT2D eigenvalue weighted by atomic mass is 10.1. The zero-order valence-electron chi connectivity index (χ0n) is 20.3. The molecule has 202 valence electrons. The number of benzene rings is 3. The van der Waals surface area contributed by atoms with E-state index in [0.717, 1.165) is 16.4 Å². The second-order valence-corrected chi connectivity index (χ2v) is 10.6. The number of nitrogens with zero attached hydrogens (tertiary/aromatic N) is 2. The Morgan fingerprint density at radius 1 is 1.08 bits per heavy atom. The zero-order valence-corrected chi connectivity index (χ0v) is 21.2. The van der Waals surface area contributed by atoms with Crippen LogP contribution in [0.25, 0.3) is 11.5 Å². The predicted molar refractivity (Wildman–Crippen MR) is 134 cm³/mol. The van der Waals surface area contributed by atoms with Gasteiger partial charge >= 0.3 is 12.1 Å². The maximum absolute atomic E-state index is 13.8. The molecule has 0 bridgehead atoms. The van der Waals surface area contributed by atoms with Crippen molar-refractivity contribution in [2.45, 2.75) is 37.1 Å². The van der Waals surface area contributed by atoms with Gasteiger partial charge in [-0.05, 0) is 55.0 Å². The highest BCUT2D eigenvalue weighted by atomic mass is 32.2. The summed E-state index contributed by atoms with van der Waals surface area (Å²) in [6, 6.07) is 15.5. The monoisotopic (exact) mass is 558 g/mol. The van der Waals surface area contributed by atoms with E-state index in [2.05, 4.69) is 4.98 Å². The molecule has 4 aromatic rings. The number of carboxylic acid groups (broad SMARTS) is 1. The maximum atomic E-state index is 13.8. The number of aliphatic carboxylic acids is 1. The minimum Gasteiger partial charge on any atom is -0.486 e. The molecule has 12 heteroatoms. The van der Waals surface area contributed by atoms with Crippen LogP contribution < -0.4 is 9.04 Å². The summed E-state index contributed by atoms with van der Waals surface area (Å²) < 4.78 is 78.5. The van der Waals surface area contributed by atoms with E-state index >= 15 is 0 Å². The van der Waals surface area contributed by atoms with Crippen LogP contribution in [0.2, 0.25) is 0 Å². The summed E-state index contributed by atoms with van der Waals surface area (Å²) in [5.74, 6) is -0.880. The van der Waals surface area contributed by atoms with Gasteiger partial charge in [0.2, 0.25) is 5.89 Å². The quantitative estimate of drug-likeness (QED) is 0.321. The van der Waals surface area contributed by atoms with E-state index < -0.39 is 33.8 Å². The van der Waals surface area contributed by atoms with Crippen molar-refractivity contribution in [3.05, 3.63) is 95.4 Å². The number of para-hydroxylation sites is 2. The van der Waals surface area contributed by atoms with Crippen LogP contribution in [0, 0.1) is 6.92 Å². The van der Waals surface area contributed by atoms with Crippen LogP contribution in [0.4, 0.5) is 18.9 Å². The molecule has 0 saturated heterocycles. The molecule has 1 N–H and O–H groups in total. The van der Waals surface area contributed by atoms with Gasteiger partial charge in [0.15, 0.2) is 0 Å². The van der Waals surface area contributed by atoms with Gasteiger partial charge in [0.05, 0.1) is 11.3 Å². The molecule has 1 aromatic heterocycles. The van der Waals surface area contributed by atoms with E-state index in [0.29, 0.717) is 22.6 Å². The number of fused-ring (bicyclic) bond motifs is 1. The molecule has 0 saturated carbocycles. The standard InChI is InChI=1S/C27H21F3N2O6S/c1-16-20(31-25(38-16)17-10-12-19(13-11-17)27(28,29)30)15-37-23-8-4-5-9-24(23)39(35,36)32-21-7-3-2-6-18(21)14-22(32)26(33)34/h2-13,22H,14-15H2,1H3,(H,33,34)/t22-/m1/s1. The van der Waals surface area contributed by atoms with Crippen molar-refractivity contribution in [3.8, 4) is 17.2 Å². The van der Waals surface area contributed by atoms with E-state index in [1.54, 1.807) is 37.3 Å². The van der Waals surface area contributed by atoms with Crippen molar-refractivity contribution >= 4 is 21.7 Å². The lowest BCUT2D eigenvalue weighted by Gasteiger charge is -2.25. The van der Waals surface area contributed by atoms with Crippen LogP contribution in [-0.4, -0.2) is 30.5 Å². The summed E-state index contributed by atoms with van der Waals surface area (Å²) in [6.45, 7) is 1.39. The Bertz CT molecular complexity index is 1650. The average Bonchev–Trinajstić information content (AvgIpc) is 3.48. The van der Waals surface area contributed by atoms with Gasteiger partial charge < -0.3 is 14.3 Å². The third-order valence-electron chi connectivity index (χ3n) is 6.31. The van der Waals surface area contributed by atoms with E-state index in [-0.39, 0.29) is 35.3 Å². The molecule has 1 aliphatic rings. The van der Waals surface area contributed by atoms with Gasteiger partial charge in [0.1, 0.15) is 34.7 Å². The van der Waals surface area contributed by atoms with Crippen LogP contribution in [0.1, 0.15) is 22.6 Å². The fourth-order valence-electron chi connectivity index (χ4n) is 4.36. The number of oxazole rings is 1. The van der Waals surface area contributed by atoms with Crippen molar-refractivity contribution in [2.75, 3.05) is 4.31 Å². The Balaban J connectivity index is 1.41. The molecule has 1 aliphatic heterocycles. The second-order valence-electron chi connectivity index (χ2n) is 8.82. The molecule has 0 amide bonds. The number of ether oxygens (including phenoxy) is 1. The summed E-state index contributed by atoms with van der Waals surface area (Å²) in [5, 5.41) is 9.76. The summed E-state index contributed by atoms with van der Waals surface area (Å²) in [5.41, 5.74) is 0.718. The summed E-state index contributed by atoms with van der Waals surface area (Å²) >= 11 is 0. The number of hydrogen-bond acceptors (Lipinski definition) is 6. The molecule has 0 radical (unpaired) electrons. The van der Waals surface area contributed by atoms with Crippen LogP contribution in [0.3, 0.4) is 0 Å². The van der Waals surface area contributed by atoms with Gasteiger partial charge in [-0.25, -0.2) is 18.2 Å². The molecule has 39 heavy (non-hydrogen) atoms. The van der Waals surface area contributed by atoms with Crippen molar-refractivity contribution < 1.29 is 40.6 Å². The molecular weight excluding hydrogens is 537 g/mol. The average molecular weight is 559 g/mol. The van der Waals surface area contributed by atoms with Gasteiger partial charge in [-0.1, -0.05) is 30.3 Å². The highest BCUT2D eigenvalue weighted by molar-refractivity contribution is 7.93. The number of halogens is 3. The topological polar surface area (TPSA) is 110 Å². The van der Waals surface area contributed by atoms with Crippen molar-refractivity contribution in [1.29, 1.82) is 0 Å². The first-order chi connectivity index (χ1) is 18.5. The number of sulfonamides is 1. The molecule has 5 rings (SSSR count). The molecule has 0 spiro atoms. The fraction of sp³-hybridized carbons (Fsp3) is 0.185. The Labute approximate surface area is 221 Å². The molecule has 3 aromatic carbocycles. The number of aromatic nitrogens is 1. The summed E-state index contributed by atoms with van der Waals surface area (Å²) in [7, 11) is -4.35. The number of aryl methyl sites for hydroxylation is 1. The fourth-order valence-corrected chi connectivity index (χ4v) is 6.14. The number of anilines is 1.